The maximum absolute atomic E-state index is 12.4. The highest BCUT2D eigenvalue weighted by Crippen LogP contribution is 2.35. The number of thiophene rings is 1. The van der Waals surface area contributed by atoms with Crippen molar-refractivity contribution in [1.82, 2.24) is 5.32 Å². The summed E-state index contributed by atoms with van der Waals surface area (Å²) in [7, 11) is 0. The minimum absolute atomic E-state index is 0.107. The maximum Gasteiger partial charge on any atom is 0.263 e. The lowest BCUT2D eigenvalue weighted by atomic mass is 10.0. The molecule has 2 heterocycles. The summed E-state index contributed by atoms with van der Waals surface area (Å²) < 4.78 is 6.78. The van der Waals surface area contributed by atoms with Gasteiger partial charge >= 0.3 is 0 Å². The summed E-state index contributed by atoms with van der Waals surface area (Å²) in [6, 6.07) is 5.97. The fraction of sp³-hybridized carbons (Fsp3) is 0.438. The molecule has 1 unspecified atom stereocenters. The molecular weight excluding hydrogens is 284 g/mol. The molecule has 1 aromatic heterocycles. The molecule has 112 valence electrons. The molecule has 4 nitrogen and oxygen atoms in total. The number of hydrogen-bond donors (Lipinski definition) is 2. The van der Waals surface area contributed by atoms with Crippen LogP contribution in [0.1, 0.15) is 35.0 Å². The highest BCUT2D eigenvalue weighted by atomic mass is 32.1. The van der Waals surface area contributed by atoms with Crippen molar-refractivity contribution in [3.8, 4) is 0 Å². The number of nitrogen functional groups attached to an aromatic ring is 1. The van der Waals surface area contributed by atoms with Crippen LogP contribution in [0.15, 0.2) is 18.2 Å². The van der Waals surface area contributed by atoms with Crippen molar-refractivity contribution in [3.63, 3.8) is 0 Å². The molecule has 21 heavy (non-hydrogen) atoms. The third-order valence-corrected chi connectivity index (χ3v) is 5.44. The van der Waals surface area contributed by atoms with E-state index in [2.05, 4.69) is 5.32 Å². The first-order valence-electron chi connectivity index (χ1n) is 7.20. The molecule has 1 aromatic carbocycles. The second kappa shape index (κ2) is 5.31. The SMILES string of the molecule is Cc1cccc2c(N)c(C(=O)NCC3(C)CCCO3)sc12. The number of anilines is 1. The zero-order chi connectivity index (χ0) is 15.0. The number of benzene rings is 1. The Morgan fingerprint density at radius 2 is 2.33 bits per heavy atom. The number of ether oxygens (including phenoxy) is 1. The molecule has 0 spiro atoms. The van der Waals surface area contributed by atoms with E-state index in [1.165, 1.54) is 11.3 Å². The van der Waals surface area contributed by atoms with E-state index in [4.69, 9.17) is 10.5 Å². The third kappa shape index (κ3) is 2.63. The van der Waals surface area contributed by atoms with Crippen LogP contribution in [-0.4, -0.2) is 24.7 Å². The lowest BCUT2D eigenvalue weighted by Gasteiger charge is -2.23. The smallest absolute Gasteiger partial charge is 0.263 e. The third-order valence-electron chi connectivity index (χ3n) is 4.08. The van der Waals surface area contributed by atoms with Gasteiger partial charge in [0.2, 0.25) is 0 Å². The molecule has 1 saturated heterocycles. The first-order chi connectivity index (χ1) is 10.0. The van der Waals surface area contributed by atoms with E-state index in [1.807, 2.05) is 32.0 Å². The van der Waals surface area contributed by atoms with Gasteiger partial charge in [-0.3, -0.25) is 4.79 Å². The Morgan fingerprint density at radius 3 is 3.00 bits per heavy atom. The summed E-state index contributed by atoms with van der Waals surface area (Å²) in [5.41, 5.74) is 7.63. The molecule has 3 rings (SSSR count). The Kier molecular flexibility index (Phi) is 3.63. The fourth-order valence-corrected chi connectivity index (χ4v) is 3.88. The Balaban J connectivity index is 1.81. The first kappa shape index (κ1) is 14.4. The largest absolute Gasteiger partial charge is 0.397 e. The highest BCUT2D eigenvalue weighted by molar-refractivity contribution is 7.21. The summed E-state index contributed by atoms with van der Waals surface area (Å²) in [5.74, 6) is -0.107. The average Bonchev–Trinajstić information content (AvgIpc) is 3.03. The minimum Gasteiger partial charge on any atom is -0.397 e. The van der Waals surface area contributed by atoms with Crippen LogP contribution >= 0.6 is 11.3 Å². The Bertz CT molecular complexity index is 687. The molecule has 0 aliphatic carbocycles. The lowest BCUT2D eigenvalue weighted by molar-refractivity contribution is 0.0206. The number of hydrogen-bond acceptors (Lipinski definition) is 4. The van der Waals surface area contributed by atoms with Gasteiger partial charge in [0.1, 0.15) is 4.88 Å². The molecule has 5 heteroatoms. The molecule has 0 saturated carbocycles. The van der Waals surface area contributed by atoms with Crippen LogP contribution in [0.2, 0.25) is 0 Å². The van der Waals surface area contributed by atoms with Crippen LogP contribution in [0.5, 0.6) is 0 Å². The van der Waals surface area contributed by atoms with Crippen molar-refractivity contribution < 1.29 is 9.53 Å². The molecule has 1 fully saturated rings. The van der Waals surface area contributed by atoms with Gasteiger partial charge in [0.05, 0.1) is 11.3 Å². The topological polar surface area (TPSA) is 64.4 Å². The van der Waals surface area contributed by atoms with Crippen LogP contribution in [0.3, 0.4) is 0 Å². The summed E-state index contributed by atoms with van der Waals surface area (Å²) in [6.45, 7) is 5.38. The highest BCUT2D eigenvalue weighted by Gasteiger charge is 2.30. The molecule has 0 radical (unpaired) electrons. The van der Waals surface area contributed by atoms with E-state index in [0.29, 0.717) is 17.1 Å². The van der Waals surface area contributed by atoms with Gasteiger partial charge in [-0.2, -0.15) is 0 Å². The van der Waals surface area contributed by atoms with Crippen LogP contribution in [0, 0.1) is 6.92 Å². The fourth-order valence-electron chi connectivity index (χ4n) is 2.77. The van der Waals surface area contributed by atoms with E-state index in [1.54, 1.807) is 0 Å². The van der Waals surface area contributed by atoms with E-state index < -0.39 is 0 Å². The van der Waals surface area contributed by atoms with Gasteiger partial charge in [0, 0.05) is 23.2 Å². The number of carbonyl (C=O) groups excluding carboxylic acids is 1. The maximum atomic E-state index is 12.4. The lowest BCUT2D eigenvalue weighted by Crippen LogP contribution is -2.40. The molecule has 1 atom stereocenters. The van der Waals surface area contributed by atoms with Crippen LogP contribution < -0.4 is 11.1 Å². The van der Waals surface area contributed by atoms with E-state index in [-0.39, 0.29) is 11.5 Å². The number of nitrogens with one attached hydrogen (secondary N) is 1. The van der Waals surface area contributed by atoms with Crippen molar-refractivity contribution in [3.05, 3.63) is 28.6 Å². The summed E-state index contributed by atoms with van der Waals surface area (Å²) in [6.07, 6.45) is 2.03. The molecule has 2 aromatic rings. The van der Waals surface area contributed by atoms with Crippen LogP contribution in [0.4, 0.5) is 5.69 Å². The van der Waals surface area contributed by atoms with Gasteiger partial charge in [-0.05, 0) is 32.3 Å². The minimum atomic E-state index is -0.239. The number of aryl methyl sites for hydroxylation is 1. The number of fused-ring (bicyclic) bond motifs is 1. The normalized spacial score (nSPS) is 21.8. The monoisotopic (exact) mass is 304 g/mol. The summed E-state index contributed by atoms with van der Waals surface area (Å²) in [5, 5.41) is 3.94. The van der Waals surface area contributed by atoms with Gasteiger partial charge in [-0.25, -0.2) is 0 Å². The predicted octanol–water partition coefficient (Wildman–Crippen LogP) is 3.09. The van der Waals surface area contributed by atoms with Crippen LogP contribution in [0.25, 0.3) is 10.1 Å². The molecule has 1 aliphatic heterocycles. The Labute approximate surface area is 128 Å². The summed E-state index contributed by atoms with van der Waals surface area (Å²) >= 11 is 1.46. The Morgan fingerprint density at radius 1 is 1.52 bits per heavy atom. The molecule has 1 amide bonds. The van der Waals surface area contributed by atoms with E-state index in [0.717, 1.165) is 35.1 Å². The number of carbonyl (C=O) groups is 1. The standard InChI is InChI=1S/C16H20N2O2S/c1-10-5-3-6-11-12(17)14(21-13(10)11)15(19)18-9-16(2)7-4-8-20-16/h3,5-6H,4,7-9,17H2,1-2H3,(H,18,19). The predicted molar refractivity (Wildman–Crippen MR) is 86.9 cm³/mol. The van der Waals surface area contributed by atoms with Gasteiger partial charge in [0.15, 0.2) is 0 Å². The zero-order valence-corrected chi connectivity index (χ0v) is 13.2. The molecule has 0 bridgehead atoms. The van der Waals surface area contributed by atoms with Crippen molar-refractivity contribution in [1.29, 1.82) is 0 Å². The van der Waals surface area contributed by atoms with E-state index >= 15 is 0 Å². The quantitative estimate of drug-likeness (QED) is 0.916. The summed E-state index contributed by atoms with van der Waals surface area (Å²) in [4.78, 5) is 13.0. The number of nitrogens with two attached hydrogens (primary N) is 1. The number of amides is 1. The van der Waals surface area contributed by atoms with E-state index in [9.17, 15) is 4.79 Å². The van der Waals surface area contributed by atoms with Crippen molar-refractivity contribution in [2.75, 3.05) is 18.9 Å². The molecular formula is C16H20N2O2S. The zero-order valence-electron chi connectivity index (χ0n) is 12.4. The molecule has 1 aliphatic rings. The van der Waals surface area contributed by atoms with Crippen LogP contribution in [-0.2, 0) is 4.74 Å². The van der Waals surface area contributed by atoms with Crippen molar-refractivity contribution in [2.45, 2.75) is 32.3 Å². The van der Waals surface area contributed by atoms with Gasteiger partial charge < -0.3 is 15.8 Å². The van der Waals surface area contributed by atoms with Gasteiger partial charge in [-0.1, -0.05) is 18.2 Å². The second-order valence-corrected chi connectivity index (χ2v) is 6.90. The van der Waals surface area contributed by atoms with Gasteiger partial charge in [-0.15, -0.1) is 11.3 Å². The van der Waals surface area contributed by atoms with Crippen molar-refractivity contribution >= 4 is 33.0 Å². The van der Waals surface area contributed by atoms with Gasteiger partial charge in [0.25, 0.3) is 5.91 Å². The van der Waals surface area contributed by atoms with Crippen molar-refractivity contribution in [2.24, 2.45) is 0 Å². The second-order valence-electron chi connectivity index (χ2n) is 5.88. The first-order valence-corrected chi connectivity index (χ1v) is 8.02. The molecule has 3 N–H and O–H groups in total. The Hall–Kier alpha value is -1.59. The number of rotatable bonds is 3. The average molecular weight is 304 g/mol.